The van der Waals surface area contributed by atoms with Crippen LogP contribution in [0.4, 0.5) is 5.69 Å². The predicted octanol–water partition coefficient (Wildman–Crippen LogP) is 5.08. The molecule has 1 aromatic heterocycles. The Balaban J connectivity index is 1.81. The van der Waals surface area contributed by atoms with Gasteiger partial charge in [0.15, 0.2) is 0 Å². The van der Waals surface area contributed by atoms with E-state index >= 15 is 0 Å². The number of aromatic nitrogens is 3. The van der Waals surface area contributed by atoms with Crippen LogP contribution in [0.2, 0.25) is 0 Å². The highest BCUT2D eigenvalue weighted by atomic mass is 16.5. The molecule has 0 bridgehead atoms. The lowest BCUT2D eigenvalue weighted by atomic mass is 10.0. The summed E-state index contributed by atoms with van der Waals surface area (Å²) in [6.07, 6.45) is 0.834. The van der Waals surface area contributed by atoms with Crippen LogP contribution in [0.3, 0.4) is 0 Å². The Morgan fingerprint density at radius 1 is 1.00 bits per heavy atom. The highest BCUT2D eigenvalue weighted by Crippen LogP contribution is 2.35. The van der Waals surface area contributed by atoms with Crippen molar-refractivity contribution in [3.05, 3.63) is 83.9 Å². The molecular formula is C30H35N5O3. The zero-order valence-electron chi connectivity index (χ0n) is 22.4. The molecule has 0 aliphatic carbocycles. The molecule has 0 radical (unpaired) electrons. The van der Waals surface area contributed by atoms with E-state index in [1.165, 1.54) is 4.90 Å². The van der Waals surface area contributed by atoms with Gasteiger partial charge < -0.3 is 10.1 Å². The number of ether oxygens (including phenoxy) is 1. The first kappa shape index (κ1) is 26.9. The number of hydrogen-bond acceptors (Lipinski definition) is 5. The van der Waals surface area contributed by atoms with E-state index in [9.17, 15) is 9.59 Å². The molecule has 1 atom stereocenters. The van der Waals surface area contributed by atoms with Crippen molar-refractivity contribution in [2.24, 2.45) is 5.92 Å². The number of fused-ring (bicyclic) bond motifs is 1. The number of amides is 2. The molecule has 0 aliphatic rings. The van der Waals surface area contributed by atoms with Crippen molar-refractivity contribution >= 4 is 28.5 Å². The molecule has 0 saturated heterocycles. The minimum atomic E-state index is -0.911. The van der Waals surface area contributed by atoms with Crippen LogP contribution in [0.15, 0.2) is 72.8 Å². The maximum absolute atomic E-state index is 14.2. The Bertz CT molecular complexity index is 1380. The molecule has 1 heterocycles. The number of benzene rings is 3. The fourth-order valence-corrected chi connectivity index (χ4v) is 4.34. The first-order chi connectivity index (χ1) is 18.4. The van der Waals surface area contributed by atoms with Crippen LogP contribution < -0.4 is 15.0 Å². The third-order valence-corrected chi connectivity index (χ3v) is 6.32. The fourth-order valence-electron chi connectivity index (χ4n) is 4.34. The molecule has 1 N–H and O–H groups in total. The van der Waals surface area contributed by atoms with Crippen LogP contribution in [0.1, 0.15) is 44.4 Å². The zero-order chi connectivity index (χ0) is 27.1. The van der Waals surface area contributed by atoms with Crippen LogP contribution in [0.25, 0.3) is 11.0 Å². The first-order valence-electron chi connectivity index (χ1n) is 13.1. The lowest BCUT2D eigenvalue weighted by Crippen LogP contribution is -2.45. The Morgan fingerprint density at radius 2 is 1.71 bits per heavy atom. The standard InChI is InChI=1S/C30H35N5O3/c1-5-38-27-13-9-8-12-26(27)35(28(36)20-34-25-11-7-6-10-24(25)32-33-34)29(23-16-14-22(4)15-17-23)30(37)31-19-18-21(2)3/h6-17,21,29H,5,18-20H2,1-4H3,(H,31,37). The topological polar surface area (TPSA) is 89.3 Å². The second-order valence-electron chi connectivity index (χ2n) is 9.69. The average Bonchev–Trinajstić information content (AvgIpc) is 3.31. The maximum Gasteiger partial charge on any atom is 0.249 e. The van der Waals surface area contributed by atoms with E-state index in [1.807, 2.05) is 86.6 Å². The average molecular weight is 514 g/mol. The van der Waals surface area contributed by atoms with Gasteiger partial charge in [0.2, 0.25) is 11.8 Å². The number of nitrogens with zero attached hydrogens (tertiary/aromatic N) is 4. The van der Waals surface area contributed by atoms with Crippen molar-refractivity contribution in [1.82, 2.24) is 20.3 Å². The van der Waals surface area contributed by atoms with Gasteiger partial charge in [-0.15, -0.1) is 5.10 Å². The van der Waals surface area contributed by atoms with Crippen LogP contribution >= 0.6 is 0 Å². The van der Waals surface area contributed by atoms with Gasteiger partial charge in [0.25, 0.3) is 0 Å². The van der Waals surface area contributed by atoms with Crippen LogP contribution in [0, 0.1) is 12.8 Å². The number of nitrogens with one attached hydrogen (secondary N) is 1. The highest BCUT2D eigenvalue weighted by Gasteiger charge is 2.34. The summed E-state index contributed by atoms with van der Waals surface area (Å²) < 4.78 is 7.48. The monoisotopic (exact) mass is 513 g/mol. The molecule has 8 heteroatoms. The van der Waals surface area contributed by atoms with E-state index in [0.717, 1.165) is 17.5 Å². The van der Waals surface area contributed by atoms with Gasteiger partial charge in [-0.2, -0.15) is 0 Å². The largest absolute Gasteiger partial charge is 0.492 e. The third kappa shape index (κ3) is 6.19. The quantitative estimate of drug-likeness (QED) is 0.302. The molecule has 38 heavy (non-hydrogen) atoms. The smallest absolute Gasteiger partial charge is 0.249 e. The number of anilines is 1. The number of carbonyl (C=O) groups excluding carboxylic acids is 2. The van der Waals surface area contributed by atoms with E-state index in [-0.39, 0.29) is 18.4 Å². The third-order valence-electron chi connectivity index (χ3n) is 6.32. The van der Waals surface area contributed by atoms with Crippen molar-refractivity contribution in [3.8, 4) is 5.75 Å². The Kier molecular flexibility index (Phi) is 8.73. The van der Waals surface area contributed by atoms with Crippen LogP contribution in [-0.2, 0) is 16.1 Å². The molecule has 8 nitrogen and oxygen atoms in total. The number of para-hydroxylation sites is 3. The van der Waals surface area contributed by atoms with E-state index in [4.69, 9.17) is 4.74 Å². The predicted molar refractivity (Wildman–Crippen MR) is 149 cm³/mol. The number of rotatable bonds is 11. The van der Waals surface area contributed by atoms with E-state index in [1.54, 1.807) is 4.68 Å². The van der Waals surface area contributed by atoms with Gasteiger partial charge >= 0.3 is 0 Å². The molecule has 0 saturated carbocycles. The van der Waals surface area contributed by atoms with Gasteiger partial charge in [-0.05, 0) is 56.0 Å². The lowest BCUT2D eigenvalue weighted by Gasteiger charge is -2.32. The van der Waals surface area contributed by atoms with E-state index < -0.39 is 6.04 Å². The molecule has 0 aliphatic heterocycles. The van der Waals surface area contributed by atoms with Gasteiger partial charge in [-0.1, -0.05) is 73.2 Å². The summed E-state index contributed by atoms with van der Waals surface area (Å²) in [5, 5.41) is 11.5. The molecule has 0 spiro atoms. The van der Waals surface area contributed by atoms with E-state index in [0.29, 0.717) is 41.6 Å². The lowest BCUT2D eigenvalue weighted by molar-refractivity contribution is -0.127. The summed E-state index contributed by atoms with van der Waals surface area (Å²) in [4.78, 5) is 29.6. The second-order valence-corrected chi connectivity index (χ2v) is 9.69. The first-order valence-corrected chi connectivity index (χ1v) is 13.1. The summed E-state index contributed by atoms with van der Waals surface area (Å²) in [5.41, 5.74) is 3.73. The molecule has 2 amide bonds. The van der Waals surface area contributed by atoms with Gasteiger partial charge in [0.1, 0.15) is 23.9 Å². The van der Waals surface area contributed by atoms with Crippen LogP contribution in [-0.4, -0.2) is 40.0 Å². The number of aryl methyl sites for hydroxylation is 1. The summed E-state index contributed by atoms with van der Waals surface area (Å²) >= 11 is 0. The van der Waals surface area contributed by atoms with Gasteiger partial charge in [0.05, 0.1) is 17.8 Å². The normalized spacial score (nSPS) is 11.9. The minimum absolute atomic E-state index is 0.0946. The molecule has 4 aromatic rings. The minimum Gasteiger partial charge on any atom is -0.492 e. The molecule has 0 fully saturated rings. The van der Waals surface area contributed by atoms with Crippen LogP contribution in [0.5, 0.6) is 5.75 Å². The SMILES string of the molecule is CCOc1ccccc1N(C(=O)Cn1nnc2ccccc21)C(C(=O)NCCC(C)C)c1ccc(C)cc1. The Labute approximate surface area is 223 Å². The number of hydrogen-bond donors (Lipinski definition) is 1. The second kappa shape index (κ2) is 12.4. The van der Waals surface area contributed by atoms with Crippen molar-refractivity contribution in [2.75, 3.05) is 18.1 Å². The zero-order valence-corrected chi connectivity index (χ0v) is 22.4. The van der Waals surface area contributed by atoms with Crippen molar-refractivity contribution in [1.29, 1.82) is 0 Å². The molecule has 198 valence electrons. The highest BCUT2D eigenvalue weighted by molar-refractivity contribution is 6.02. The Hall–Kier alpha value is -4.20. The molecule has 4 rings (SSSR count). The number of carbonyl (C=O) groups is 2. The summed E-state index contributed by atoms with van der Waals surface area (Å²) in [7, 11) is 0. The fraction of sp³-hybridized carbons (Fsp3) is 0.333. The van der Waals surface area contributed by atoms with Gasteiger partial charge in [-0.25, -0.2) is 4.68 Å². The Morgan fingerprint density at radius 3 is 2.45 bits per heavy atom. The molecule has 1 unspecified atom stereocenters. The maximum atomic E-state index is 14.2. The summed E-state index contributed by atoms with van der Waals surface area (Å²) in [6, 6.07) is 21.6. The summed E-state index contributed by atoms with van der Waals surface area (Å²) in [5.74, 6) is 0.402. The van der Waals surface area contributed by atoms with Gasteiger partial charge in [-0.3, -0.25) is 14.5 Å². The van der Waals surface area contributed by atoms with Crippen molar-refractivity contribution in [2.45, 2.75) is 46.7 Å². The molecular weight excluding hydrogens is 478 g/mol. The molecule has 3 aromatic carbocycles. The summed E-state index contributed by atoms with van der Waals surface area (Å²) in [6.45, 7) is 8.94. The van der Waals surface area contributed by atoms with Crippen molar-refractivity contribution < 1.29 is 14.3 Å². The van der Waals surface area contributed by atoms with Gasteiger partial charge in [0, 0.05) is 6.54 Å². The van der Waals surface area contributed by atoms with Crippen molar-refractivity contribution in [3.63, 3.8) is 0 Å². The van der Waals surface area contributed by atoms with E-state index in [2.05, 4.69) is 29.5 Å².